The van der Waals surface area contributed by atoms with E-state index in [0.29, 0.717) is 75.4 Å². The third-order valence-electron chi connectivity index (χ3n) is 14.6. The minimum atomic E-state index is -2.54. The van der Waals surface area contributed by atoms with E-state index in [2.05, 4.69) is 6.58 Å². The second-order valence-electron chi connectivity index (χ2n) is 20.0. The van der Waals surface area contributed by atoms with E-state index in [9.17, 15) is 39.0 Å². The Morgan fingerprint density at radius 3 is 2.18 bits per heavy atom. The zero-order valence-electron chi connectivity index (χ0n) is 41.9. The van der Waals surface area contributed by atoms with Crippen LogP contribution in [0, 0.1) is 29.6 Å². The summed E-state index contributed by atoms with van der Waals surface area (Å²) in [6, 6.07) is -1.19. The van der Waals surface area contributed by atoms with Crippen molar-refractivity contribution in [2.45, 2.75) is 198 Å². The Morgan fingerprint density at radius 1 is 0.868 bits per heavy atom. The average Bonchev–Trinajstić information content (AvgIpc) is 3.30. The fourth-order valence-electron chi connectivity index (χ4n) is 10.7. The number of fused-ring (bicyclic) bond motifs is 3. The average molecular weight is 960 g/mol. The van der Waals surface area contributed by atoms with Gasteiger partial charge in [-0.1, -0.05) is 58.8 Å². The number of carboxylic acid groups (broad SMARTS) is 1. The van der Waals surface area contributed by atoms with E-state index in [1.807, 2.05) is 26.0 Å². The highest BCUT2D eigenvalue weighted by Gasteiger charge is 2.56. The standard InChI is InChI=1S/C52H81NO15/c1-10-17-37-25-31(2)24-32(3)26-43(64-8)48-44(65-9)28-34(5)52(62,68-48)49(59)50(60)53-23-16-15-18-38(53)51(61)67-47(35(6)39(54)30-40(37)55)33(4)27-36-21-22-41(42(29-36)63-7)66-46(58)20-14-12-11-13-19-45(56)57/h10,25,27,31-32,34-36,38-39,41-44,47-48,54,62H,1,11-24,26,28-30H2,2-9H3,(H,56,57)/t31?,32-,34+,35+,36-,38-,39-,41+,42+,43-,44-,47+,48+,52+/m0/s1. The number of piperidine rings is 1. The molecule has 1 amide bonds. The van der Waals surface area contributed by atoms with E-state index in [1.54, 1.807) is 34.0 Å². The number of allylic oxidation sites excluding steroid dienone is 4. The van der Waals surface area contributed by atoms with Crippen molar-refractivity contribution in [3.63, 3.8) is 0 Å². The molecule has 4 aliphatic rings. The molecule has 2 bridgehead atoms. The normalized spacial score (nSPS) is 35.3. The molecule has 1 unspecified atom stereocenters. The number of aliphatic carboxylic acids is 1. The molecular formula is C52H81NO15. The number of carboxylic acids is 1. The largest absolute Gasteiger partial charge is 0.481 e. The van der Waals surface area contributed by atoms with E-state index >= 15 is 0 Å². The smallest absolute Gasteiger partial charge is 0.329 e. The molecule has 0 aromatic carbocycles. The highest BCUT2D eigenvalue weighted by molar-refractivity contribution is 6.39. The molecule has 16 heteroatoms. The summed E-state index contributed by atoms with van der Waals surface area (Å²) in [5.41, 5.74) is 1.11. The molecule has 3 N–H and O–H groups in total. The van der Waals surface area contributed by atoms with Crippen LogP contribution >= 0.6 is 0 Å². The lowest BCUT2D eigenvalue weighted by molar-refractivity contribution is -0.302. The van der Waals surface area contributed by atoms with E-state index in [0.717, 1.165) is 11.3 Å². The van der Waals surface area contributed by atoms with Crippen molar-refractivity contribution in [2.24, 2.45) is 29.6 Å². The van der Waals surface area contributed by atoms with Gasteiger partial charge in [0.15, 0.2) is 5.78 Å². The van der Waals surface area contributed by atoms with Gasteiger partial charge in [-0.15, -0.1) is 6.58 Å². The third kappa shape index (κ3) is 15.3. The molecule has 16 nitrogen and oxygen atoms in total. The number of carbonyl (C=O) groups is 6. The minimum absolute atomic E-state index is 0.00749. The van der Waals surface area contributed by atoms with Gasteiger partial charge in [0.2, 0.25) is 5.79 Å². The van der Waals surface area contributed by atoms with Gasteiger partial charge in [0.25, 0.3) is 11.7 Å². The highest BCUT2D eigenvalue weighted by Crippen LogP contribution is 2.39. The summed E-state index contributed by atoms with van der Waals surface area (Å²) < 4.78 is 36.1. The number of Topliss-reactive ketones (excluding diaryl/α,β-unsaturated/α-hetero) is 2. The Hall–Kier alpha value is -3.80. The molecule has 68 heavy (non-hydrogen) atoms. The monoisotopic (exact) mass is 960 g/mol. The van der Waals surface area contributed by atoms with Gasteiger partial charge in [0.05, 0.1) is 24.4 Å². The Kier molecular flexibility index (Phi) is 22.5. The topological polar surface area (TPSA) is 222 Å². The van der Waals surface area contributed by atoms with Crippen LogP contribution in [0.3, 0.4) is 0 Å². The van der Waals surface area contributed by atoms with Crippen molar-refractivity contribution in [3.05, 3.63) is 36.0 Å². The van der Waals surface area contributed by atoms with Gasteiger partial charge in [-0.25, -0.2) is 4.79 Å². The van der Waals surface area contributed by atoms with Crippen LogP contribution < -0.4 is 0 Å². The number of hydrogen-bond donors (Lipinski definition) is 3. The molecule has 4 rings (SSSR count). The number of ketones is 2. The first-order valence-electron chi connectivity index (χ1n) is 24.9. The SMILES string of the molecule is C=CCC1=CC(C)C[C@H](C)C[C@H](OC)[C@H]2O[C@@](O)(C(=O)C(=O)N3CCCC[C@H]3C(=O)O[C@H](C(C)=C[C@@H]3CC[C@@H](OC(=O)CCCCCCC(=O)O)[C@H](OC)C3)[C@H](C)[C@@H](O)CC1=O)[C@H](C)C[C@@H]2OC. The van der Waals surface area contributed by atoms with Crippen molar-refractivity contribution >= 4 is 35.4 Å². The maximum absolute atomic E-state index is 14.5. The number of ether oxygens (including phenoxy) is 6. The summed E-state index contributed by atoms with van der Waals surface area (Å²) in [4.78, 5) is 82.0. The molecule has 0 aromatic heterocycles. The highest BCUT2D eigenvalue weighted by atomic mass is 16.7. The van der Waals surface area contributed by atoms with Crippen LogP contribution in [0.25, 0.3) is 0 Å². The summed E-state index contributed by atoms with van der Waals surface area (Å²) in [5.74, 6) is -8.88. The van der Waals surface area contributed by atoms with E-state index in [4.69, 9.17) is 33.5 Å². The lowest BCUT2D eigenvalue weighted by Crippen LogP contribution is -2.64. The van der Waals surface area contributed by atoms with Gasteiger partial charge in [-0.3, -0.25) is 24.0 Å². The Labute approximate surface area is 403 Å². The van der Waals surface area contributed by atoms with E-state index < -0.39 is 90.0 Å². The second-order valence-corrected chi connectivity index (χ2v) is 20.0. The van der Waals surface area contributed by atoms with Gasteiger partial charge < -0.3 is 48.6 Å². The van der Waals surface area contributed by atoms with Crippen molar-refractivity contribution < 1.29 is 72.5 Å². The Morgan fingerprint density at radius 2 is 1.53 bits per heavy atom. The molecule has 1 saturated carbocycles. The maximum atomic E-state index is 14.5. The second kappa shape index (κ2) is 27.0. The summed E-state index contributed by atoms with van der Waals surface area (Å²) in [6.45, 7) is 13.1. The number of aliphatic hydroxyl groups excluding tert-OH is 1. The van der Waals surface area contributed by atoms with Crippen LogP contribution in [0.1, 0.15) is 144 Å². The molecular weight excluding hydrogens is 879 g/mol. The Balaban J connectivity index is 1.66. The minimum Gasteiger partial charge on any atom is -0.481 e. The predicted molar refractivity (Wildman–Crippen MR) is 252 cm³/mol. The first-order chi connectivity index (χ1) is 32.3. The molecule has 0 aromatic rings. The number of carbonyl (C=O) groups excluding carboxylic acids is 5. The third-order valence-corrected chi connectivity index (χ3v) is 14.6. The lowest BCUT2D eigenvalue weighted by Gasteiger charge is -2.47. The number of cyclic esters (lactones) is 1. The molecule has 3 aliphatic heterocycles. The van der Waals surface area contributed by atoms with Crippen molar-refractivity contribution in [1.29, 1.82) is 0 Å². The van der Waals surface area contributed by atoms with Crippen molar-refractivity contribution in [2.75, 3.05) is 27.9 Å². The number of nitrogens with zero attached hydrogens (tertiary/aromatic N) is 1. The van der Waals surface area contributed by atoms with Gasteiger partial charge in [-0.05, 0) is 113 Å². The number of esters is 2. The Bertz CT molecular complexity index is 1800. The number of rotatable bonds is 15. The molecule has 384 valence electrons. The van der Waals surface area contributed by atoms with Gasteiger partial charge in [-0.2, -0.15) is 0 Å². The summed E-state index contributed by atoms with van der Waals surface area (Å²) in [6.07, 6.45) is 7.24. The van der Waals surface area contributed by atoms with Crippen molar-refractivity contribution in [1.82, 2.24) is 4.90 Å². The molecule has 0 radical (unpaired) electrons. The van der Waals surface area contributed by atoms with Crippen LogP contribution in [0.15, 0.2) is 36.0 Å². The first kappa shape index (κ1) is 56.8. The summed E-state index contributed by atoms with van der Waals surface area (Å²) in [7, 11) is 4.60. The number of methoxy groups -OCH3 is 3. The predicted octanol–water partition coefficient (Wildman–Crippen LogP) is 6.62. The van der Waals surface area contributed by atoms with Gasteiger partial charge in [0.1, 0.15) is 24.4 Å². The number of amides is 1. The molecule has 14 atom stereocenters. The first-order valence-corrected chi connectivity index (χ1v) is 24.9. The molecule has 3 heterocycles. The lowest BCUT2D eigenvalue weighted by atomic mass is 9.81. The summed E-state index contributed by atoms with van der Waals surface area (Å²) in [5, 5.41) is 32.8. The van der Waals surface area contributed by atoms with Gasteiger partial charge >= 0.3 is 17.9 Å². The van der Waals surface area contributed by atoms with E-state index in [-0.39, 0.29) is 74.6 Å². The molecule has 2 saturated heterocycles. The van der Waals surface area contributed by atoms with Gasteiger partial charge in [0, 0.05) is 59.0 Å². The van der Waals surface area contributed by atoms with Crippen LogP contribution in [-0.4, -0.2) is 138 Å². The fraction of sp³-hybridized carbons (Fsp3) is 0.769. The zero-order chi connectivity index (χ0) is 50.3. The summed E-state index contributed by atoms with van der Waals surface area (Å²) >= 11 is 0. The van der Waals surface area contributed by atoms with Crippen LogP contribution in [-0.2, 0) is 57.2 Å². The van der Waals surface area contributed by atoms with Crippen LogP contribution in [0.2, 0.25) is 0 Å². The van der Waals surface area contributed by atoms with Crippen molar-refractivity contribution in [3.8, 4) is 0 Å². The maximum Gasteiger partial charge on any atom is 0.329 e. The number of hydrogen-bond acceptors (Lipinski definition) is 14. The quantitative estimate of drug-likeness (QED) is 0.0680. The fourth-order valence-corrected chi connectivity index (χ4v) is 10.7. The van der Waals surface area contributed by atoms with Crippen LogP contribution in [0.5, 0.6) is 0 Å². The number of unbranched alkanes of at least 4 members (excludes halogenated alkanes) is 3. The molecule has 3 fully saturated rings. The molecule has 0 spiro atoms. The van der Waals surface area contributed by atoms with Crippen LogP contribution in [0.4, 0.5) is 0 Å². The number of aliphatic hydroxyl groups is 2. The van der Waals surface area contributed by atoms with E-state index in [1.165, 1.54) is 14.2 Å². The zero-order valence-corrected chi connectivity index (χ0v) is 41.9. The molecule has 1 aliphatic carbocycles.